The maximum atomic E-state index is 17.2. The number of aromatic nitrogens is 4. The summed E-state index contributed by atoms with van der Waals surface area (Å²) in [6, 6.07) is 20.5. The number of aliphatic hydroxyl groups is 1. The largest absolute Gasteiger partial charge is 0.508 e. The van der Waals surface area contributed by atoms with E-state index in [1.54, 1.807) is 34.4 Å². The maximum Gasteiger partial charge on any atom is 0.319 e. The number of likely N-dealkylation sites (tertiary alicyclic amines) is 2. The normalized spacial score (nSPS) is 18.1. The van der Waals surface area contributed by atoms with Crippen molar-refractivity contribution in [3.05, 3.63) is 119 Å². The van der Waals surface area contributed by atoms with Crippen LogP contribution in [0.25, 0.3) is 43.2 Å². The fourth-order valence-corrected chi connectivity index (χ4v) is 12.6. The molecule has 19 nitrogen and oxygen atoms in total. The van der Waals surface area contributed by atoms with Gasteiger partial charge in [-0.3, -0.25) is 19.3 Å². The minimum absolute atomic E-state index is 0.00738. The highest BCUT2D eigenvalue weighted by Crippen LogP contribution is 2.43. The second-order valence-electron chi connectivity index (χ2n) is 22.1. The number of carbonyl (C=O) groups is 3. The van der Waals surface area contributed by atoms with Crippen LogP contribution in [0.4, 0.5) is 10.2 Å². The zero-order valence-corrected chi connectivity index (χ0v) is 49.4. The molecule has 0 spiro atoms. The summed E-state index contributed by atoms with van der Waals surface area (Å²) < 4.78 is 47.1. The quantitative estimate of drug-likeness (QED) is 0.0426. The molecule has 3 aliphatic heterocycles. The first-order valence-electron chi connectivity index (χ1n) is 28.6. The number of nitrogens with one attached hydrogen (secondary N) is 1. The van der Waals surface area contributed by atoms with Gasteiger partial charge in [0.2, 0.25) is 17.7 Å². The number of ether oxygens (including phenoxy) is 4. The molecule has 6 heterocycles. The van der Waals surface area contributed by atoms with Crippen molar-refractivity contribution < 1.29 is 52.5 Å². The van der Waals surface area contributed by atoms with Crippen molar-refractivity contribution >= 4 is 68.2 Å². The second kappa shape index (κ2) is 26.8. The van der Waals surface area contributed by atoms with Crippen molar-refractivity contribution in [1.82, 2.24) is 40.1 Å². The lowest BCUT2D eigenvalue weighted by atomic mass is 9.91. The molecule has 0 unspecified atom stereocenters. The van der Waals surface area contributed by atoms with Crippen LogP contribution in [0.2, 0.25) is 5.02 Å². The van der Waals surface area contributed by atoms with Gasteiger partial charge in [0.15, 0.2) is 11.6 Å². The van der Waals surface area contributed by atoms with E-state index in [4.69, 9.17) is 40.1 Å². The fourth-order valence-electron chi connectivity index (χ4n) is 11.5. The number of phenolic OH excluding ortho intramolecular Hbond substituents is 1. The molecule has 3 saturated heterocycles. The molecule has 0 radical (unpaired) electrons. The van der Waals surface area contributed by atoms with E-state index in [0.717, 1.165) is 53.0 Å². The Morgan fingerprint density at radius 3 is 2.42 bits per heavy atom. The van der Waals surface area contributed by atoms with Gasteiger partial charge in [-0.05, 0) is 96.4 Å². The van der Waals surface area contributed by atoms with Crippen molar-refractivity contribution in [1.29, 1.82) is 0 Å². The highest BCUT2D eigenvalue weighted by molar-refractivity contribution is 7.13. The van der Waals surface area contributed by atoms with Crippen LogP contribution in [0, 0.1) is 18.7 Å². The third-order valence-electron chi connectivity index (χ3n) is 15.8. The number of hydrogen-bond donors (Lipinski definition) is 3. The molecule has 0 saturated carbocycles. The van der Waals surface area contributed by atoms with Gasteiger partial charge in [0.25, 0.3) is 5.88 Å². The number of anilines is 1. The SMILES string of the molecule is C=CC(=O)N1CCN(c2nc(O[C@H](C)CN3CCC(OCCOCCOc4cc([C@@H](C(=O)N5C[C@H](O)C[C@H]5C(=O)N[C@@H](C)c5ccc(-c6scnc6C)cc5)C(C)C)on4)CC3)nc3c(F)c(-c4cc(O)cc5ccccc45)c(Cl)cc23)CC1. The molecule has 0 aliphatic carbocycles. The number of β-amino-alcohol motifs (C(OH)–C–C–N with tert-alkyl or cyclic N) is 1. The average Bonchev–Trinajstić information content (AvgIpc) is 1.65. The van der Waals surface area contributed by atoms with E-state index in [1.807, 2.05) is 93.6 Å². The number of piperidine rings is 1. The molecule has 3 aliphatic rings. The van der Waals surface area contributed by atoms with Gasteiger partial charge in [-0.1, -0.05) is 80.6 Å². The number of carbonyl (C=O) groups excluding carboxylic acids is 3. The van der Waals surface area contributed by atoms with Gasteiger partial charge < -0.3 is 53.7 Å². The first kappa shape index (κ1) is 59.9. The van der Waals surface area contributed by atoms with Crippen LogP contribution >= 0.6 is 22.9 Å². The lowest BCUT2D eigenvalue weighted by Gasteiger charge is -2.35. The number of halogens is 2. The average molecular weight is 1190 g/mol. The monoisotopic (exact) mass is 1190 g/mol. The molecule has 3 aromatic heterocycles. The molecule has 3 fully saturated rings. The van der Waals surface area contributed by atoms with E-state index in [2.05, 4.69) is 31.9 Å². The Morgan fingerprint density at radius 1 is 0.940 bits per heavy atom. The minimum atomic E-state index is -0.864. The van der Waals surface area contributed by atoms with Crippen molar-refractivity contribution in [3.63, 3.8) is 0 Å². The Hall–Kier alpha value is -7.27. The van der Waals surface area contributed by atoms with Crippen LogP contribution in [-0.2, 0) is 23.9 Å². The van der Waals surface area contributed by atoms with E-state index in [9.17, 15) is 24.6 Å². The van der Waals surface area contributed by atoms with Crippen LogP contribution in [0.3, 0.4) is 0 Å². The molecule has 5 atom stereocenters. The number of aryl methyl sites for hydroxylation is 1. The number of aromatic hydroxyl groups is 1. The molecule has 444 valence electrons. The number of hydrogen-bond acceptors (Lipinski definition) is 17. The molecule has 3 amide bonds. The van der Waals surface area contributed by atoms with Gasteiger partial charge in [0.05, 0.1) is 59.2 Å². The summed E-state index contributed by atoms with van der Waals surface area (Å²) in [5.74, 6) is -1.60. The third kappa shape index (κ3) is 13.6. The number of benzene rings is 4. The summed E-state index contributed by atoms with van der Waals surface area (Å²) in [6.45, 7) is 18.2. The molecule has 22 heteroatoms. The molecule has 10 rings (SSSR count). The molecule has 84 heavy (non-hydrogen) atoms. The summed E-state index contributed by atoms with van der Waals surface area (Å²) in [5.41, 5.74) is 5.29. The smallest absolute Gasteiger partial charge is 0.319 e. The number of piperazine rings is 1. The van der Waals surface area contributed by atoms with Gasteiger partial charge in [-0.15, -0.1) is 11.3 Å². The number of aliphatic hydroxyl groups excluding tert-OH is 1. The maximum absolute atomic E-state index is 17.2. The van der Waals surface area contributed by atoms with Gasteiger partial charge >= 0.3 is 6.01 Å². The summed E-state index contributed by atoms with van der Waals surface area (Å²) in [5, 5.41) is 30.5. The Balaban J connectivity index is 0.675. The number of phenols is 1. The zero-order chi connectivity index (χ0) is 59.2. The first-order chi connectivity index (χ1) is 40.5. The summed E-state index contributed by atoms with van der Waals surface area (Å²) >= 11 is 8.51. The predicted molar refractivity (Wildman–Crippen MR) is 319 cm³/mol. The van der Waals surface area contributed by atoms with Gasteiger partial charge in [-0.2, -0.15) is 9.97 Å². The minimum Gasteiger partial charge on any atom is -0.508 e. The van der Waals surface area contributed by atoms with E-state index in [0.29, 0.717) is 73.9 Å². The van der Waals surface area contributed by atoms with Crippen LogP contribution in [0.5, 0.6) is 17.6 Å². The van der Waals surface area contributed by atoms with Gasteiger partial charge in [-0.25, -0.2) is 9.37 Å². The Kier molecular flexibility index (Phi) is 19.1. The molecule has 3 N–H and O–H groups in total. The summed E-state index contributed by atoms with van der Waals surface area (Å²) in [7, 11) is 0. The van der Waals surface area contributed by atoms with Crippen molar-refractivity contribution in [2.75, 3.05) is 83.7 Å². The Morgan fingerprint density at radius 2 is 1.69 bits per heavy atom. The van der Waals surface area contributed by atoms with Crippen LogP contribution in [-0.4, -0.2) is 166 Å². The van der Waals surface area contributed by atoms with Gasteiger partial charge in [0, 0.05) is 75.8 Å². The number of fused-ring (bicyclic) bond motifs is 2. The van der Waals surface area contributed by atoms with E-state index in [-0.39, 0.29) is 102 Å². The first-order valence-corrected chi connectivity index (χ1v) is 29.8. The fraction of sp³-hybridized carbons (Fsp3) is 0.435. The topological polar surface area (TPSA) is 218 Å². The van der Waals surface area contributed by atoms with E-state index < -0.39 is 23.9 Å². The number of thiazole rings is 1. The van der Waals surface area contributed by atoms with E-state index >= 15 is 4.39 Å². The Labute approximate surface area is 496 Å². The zero-order valence-electron chi connectivity index (χ0n) is 47.8. The van der Waals surface area contributed by atoms with Crippen molar-refractivity contribution in [2.24, 2.45) is 5.92 Å². The lowest BCUT2D eigenvalue weighted by molar-refractivity contribution is -0.141. The van der Waals surface area contributed by atoms with E-state index in [1.165, 1.54) is 17.0 Å². The van der Waals surface area contributed by atoms with Crippen molar-refractivity contribution in [2.45, 2.75) is 90.2 Å². The molecular weight excluding hydrogens is 1120 g/mol. The van der Waals surface area contributed by atoms with Crippen LogP contribution in [0.15, 0.2) is 95.5 Å². The Bertz CT molecular complexity index is 3480. The second-order valence-corrected chi connectivity index (χ2v) is 23.3. The molecule has 7 aromatic rings. The summed E-state index contributed by atoms with van der Waals surface area (Å²) in [6.07, 6.45) is 1.83. The molecule has 0 bridgehead atoms. The third-order valence-corrected chi connectivity index (χ3v) is 17.1. The highest BCUT2D eigenvalue weighted by atomic mass is 35.5. The highest BCUT2D eigenvalue weighted by Gasteiger charge is 2.44. The standard InChI is InChI=1S/C62H71ClFN9O10S/c1-7-53(76)71-20-22-72(23-21-71)59-48-31-49(63)55(47-29-43(74)28-42-10-8-9-11-46(42)47)56(64)57(48)67-62(68-59)82-37(4)33-70-18-16-45(17-19-70)80-26-24-79-25-27-81-52-32-51(83-69-52)54(36(2)3)61(78)73-34-44(75)30-50(73)60(77)66-38(5)40-12-14-41(15-13-40)58-39(6)65-35-84-58/h7-15,28-29,31-32,35-38,44-45,50,54,74-75H,1,16-27,30,33-34H2,2-6H3,(H,66,77)/t37-,38+,44-,50+,54+/m1/s1. The number of rotatable bonds is 22. The number of amides is 3. The number of nitrogens with zero attached hydrogens (tertiary/aromatic N) is 8. The molecule has 4 aromatic carbocycles. The summed E-state index contributed by atoms with van der Waals surface area (Å²) in [4.78, 5) is 62.8. The lowest BCUT2D eigenvalue weighted by Crippen LogP contribution is -2.48. The van der Waals surface area contributed by atoms with Crippen molar-refractivity contribution in [3.8, 4) is 39.2 Å². The van der Waals surface area contributed by atoms with Crippen LogP contribution < -0.4 is 19.7 Å². The predicted octanol–water partition coefficient (Wildman–Crippen LogP) is 9.13. The van der Waals surface area contributed by atoms with Crippen LogP contribution in [0.1, 0.15) is 75.9 Å². The van der Waals surface area contributed by atoms with Gasteiger partial charge in [0.1, 0.15) is 41.8 Å². The molecular formula is C62H71ClFN9O10S.